The van der Waals surface area contributed by atoms with E-state index in [4.69, 9.17) is 23.5 Å². The number of rotatable bonds is 6. The summed E-state index contributed by atoms with van der Waals surface area (Å²) in [6, 6.07) is 0. The maximum absolute atomic E-state index is 13.0. The lowest BCUT2D eigenvalue weighted by atomic mass is 9.75. The third-order valence-electron chi connectivity index (χ3n) is 6.53. The number of ether oxygens (including phenoxy) is 2. The Morgan fingerprint density at radius 3 is 2.53 bits per heavy atom. The molecule has 2 saturated heterocycles. The first-order valence-electron chi connectivity index (χ1n) is 10.7. The second-order valence-corrected chi connectivity index (χ2v) is 8.36. The van der Waals surface area contributed by atoms with Crippen molar-refractivity contribution >= 4 is 5.91 Å². The van der Waals surface area contributed by atoms with Gasteiger partial charge in [-0.1, -0.05) is 10.3 Å². The van der Waals surface area contributed by atoms with E-state index in [0.717, 1.165) is 51.1 Å². The molecule has 4 heterocycles. The Morgan fingerprint density at radius 1 is 1.17 bits per heavy atom. The van der Waals surface area contributed by atoms with Crippen molar-refractivity contribution in [3.63, 3.8) is 0 Å². The topological polar surface area (TPSA) is 104 Å². The van der Waals surface area contributed by atoms with Crippen LogP contribution in [0.1, 0.15) is 71.5 Å². The van der Waals surface area contributed by atoms with Gasteiger partial charge in [-0.2, -0.15) is 4.98 Å². The van der Waals surface area contributed by atoms with Crippen LogP contribution < -0.4 is 0 Å². The number of nitrogens with zero attached hydrogens (tertiary/aromatic N) is 4. The molecular formula is C21H30N4O5. The summed E-state index contributed by atoms with van der Waals surface area (Å²) in [5.41, 5.74) is 0.951. The molecule has 0 saturated carbocycles. The van der Waals surface area contributed by atoms with Crippen molar-refractivity contribution in [2.45, 2.75) is 57.3 Å². The van der Waals surface area contributed by atoms with E-state index in [1.165, 1.54) is 0 Å². The number of aryl methyl sites for hydroxylation is 2. The van der Waals surface area contributed by atoms with Crippen molar-refractivity contribution in [3.8, 4) is 0 Å². The van der Waals surface area contributed by atoms with Crippen LogP contribution in [0.25, 0.3) is 0 Å². The summed E-state index contributed by atoms with van der Waals surface area (Å²) >= 11 is 0. The minimum absolute atomic E-state index is 0.0254. The van der Waals surface area contributed by atoms with Crippen LogP contribution in [-0.4, -0.2) is 66.1 Å². The lowest BCUT2D eigenvalue weighted by Crippen LogP contribution is -2.46. The molecule has 2 aromatic heterocycles. The van der Waals surface area contributed by atoms with Crippen LogP contribution >= 0.6 is 0 Å². The summed E-state index contributed by atoms with van der Waals surface area (Å²) < 4.78 is 21.7. The van der Waals surface area contributed by atoms with Gasteiger partial charge in [0, 0.05) is 51.4 Å². The Labute approximate surface area is 176 Å². The van der Waals surface area contributed by atoms with Crippen LogP contribution in [0.2, 0.25) is 0 Å². The normalized spacial score (nSPS) is 19.9. The van der Waals surface area contributed by atoms with Gasteiger partial charge in [0.2, 0.25) is 5.89 Å². The van der Waals surface area contributed by atoms with E-state index in [2.05, 4.69) is 10.3 Å². The average molecular weight is 418 g/mol. The Hall–Kier alpha value is -2.26. The maximum Gasteiger partial charge on any atom is 0.259 e. The fourth-order valence-electron chi connectivity index (χ4n) is 4.53. The van der Waals surface area contributed by atoms with Crippen LogP contribution in [0.5, 0.6) is 0 Å². The maximum atomic E-state index is 13.0. The third-order valence-corrected chi connectivity index (χ3v) is 6.53. The largest absolute Gasteiger partial charge is 0.385 e. The lowest BCUT2D eigenvalue weighted by molar-refractivity contribution is 0.0614. The first-order chi connectivity index (χ1) is 14.5. The Bertz CT molecular complexity index is 843. The Balaban J connectivity index is 1.50. The van der Waals surface area contributed by atoms with Crippen molar-refractivity contribution in [3.05, 3.63) is 28.7 Å². The van der Waals surface area contributed by atoms with Crippen LogP contribution in [-0.2, 0) is 14.9 Å². The van der Waals surface area contributed by atoms with E-state index < -0.39 is 0 Å². The van der Waals surface area contributed by atoms with Crippen molar-refractivity contribution in [1.82, 2.24) is 20.2 Å². The number of likely N-dealkylation sites (tertiary alicyclic amines) is 1. The molecule has 9 nitrogen and oxygen atoms in total. The van der Waals surface area contributed by atoms with E-state index >= 15 is 0 Å². The van der Waals surface area contributed by atoms with E-state index in [0.29, 0.717) is 42.6 Å². The van der Waals surface area contributed by atoms with Crippen LogP contribution in [0.15, 0.2) is 9.05 Å². The van der Waals surface area contributed by atoms with Gasteiger partial charge in [0.15, 0.2) is 5.82 Å². The van der Waals surface area contributed by atoms with Gasteiger partial charge in [0.05, 0.1) is 5.69 Å². The molecular weight excluding hydrogens is 388 g/mol. The fourth-order valence-corrected chi connectivity index (χ4v) is 4.53. The molecule has 4 rings (SSSR count). The van der Waals surface area contributed by atoms with Gasteiger partial charge in [-0.05, 0) is 46.0 Å². The van der Waals surface area contributed by atoms with Crippen LogP contribution in [0.3, 0.4) is 0 Å². The minimum Gasteiger partial charge on any atom is -0.385 e. The second kappa shape index (κ2) is 8.85. The number of hydrogen-bond donors (Lipinski definition) is 0. The number of aromatic nitrogens is 3. The third kappa shape index (κ3) is 4.00. The zero-order chi connectivity index (χ0) is 21.1. The van der Waals surface area contributed by atoms with Crippen molar-refractivity contribution in [2.24, 2.45) is 0 Å². The molecule has 0 aliphatic carbocycles. The van der Waals surface area contributed by atoms with E-state index in [-0.39, 0.29) is 17.2 Å². The molecule has 0 N–H and O–H groups in total. The van der Waals surface area contributed by atoms with Gasteiger partial charge in [-0.3, -0.25) is 4.79 Å². The standard InChI is InChI=1S/C21H30N4O5/c1-14-17(15(2)29-23-14)19(26)25-9-6-21(7-10-25,8-13-27-3)20-22-18(30-24-20)16-4-11-28-12-5-16/h16H,4-13H2,1-3H3. The van der Waals surface area contributed by atoms with E-state index in [9.17, 15) is 4.79 Å². The predicted octanol–water partition coefficient (Wildman–Crippen LogP) is 2.78. The summed E-state index contributed by atoms with van der Waals surface area (Å²) in [7, 11) is 1.70. The minimum atomic E-state index is -0.252. The molecule has 30 heavy (non-hydrogen) atoms. The number of hydrogen-bond acceptors (Lipinski definition) is 8. The molecule has 0 unspecified atom stereocenters. The van der Waals surface area contributed by atoms with Gasteiger partial charge in [-0.25, -0.2) is 0 Å². The van der Waals surface area contributed by atoms with Crippen LogP contribution in [0.4, 0.5) is 0 Å². The van der Waals surface area contributed by atoms with Gasteiger partial charge in [0.25, 0.3) is 5.91 Å². The molecule has 2 aromatic rings. The van der Waals surface area contributed by atoms with E-state index in [1.807, 2.05) is 4.90 Å². The average Bonchev–Trinajstić information content (AvgIpc) is 3.40. The molecule has 2 fully saturated rings. The lowest BCUT2D eigenvalue weighted by Gasteiger charge is -2.39. The molecule has 9 heteroatoms. The SMILES string of the molecule is COCCC1(c2noc(C3CCOCC3)n2)CCN(C(=O)c2c(C)noc2C)CC1. The molecule has 164 valence electrons. The number of carbonyl (C=O) groups is 1. The zero-order valence-corrected chi connectivity index (χ0v) is 18.0. The first-order valence-corrected chi connectivity index (χ1v) is 10.7. The van der Waals surface area contributed by atoms with Gasteiger partial charge in [0.1, 0.15) is 11.3 Å². The molecule has 1 amide bonds. The highest BCUT2D eigenvalue weighted by molar-refractivity contribution is 5.96. The molecule has 0 aromatic carbocycles. The number of methoxy groups -OCH3 is 1. The molecule has 0 radical (unpaired) electrons. The number of piperidine rings is 1. The summed E-state index contributed by atoms with van der Waals surface area (Å²) in [6.07, 6.45) is 4.14. The van der Waals surface area contributed by atoms with Gasteiger partial charge in [-0.15, -0.1) is 0 Å². The first kappa shape index (κ1) is 21.0. The Morgan fingerprint density at radius 2 is 1.90 bits per heavy atom. The van der Waals surface area contributed by atoms with E-state index in [1.54, 1.807) is 21.0 Å². The summed E-state index contributed by atoms with van der Waals surface area (Å²) in [4.78, 5) is 19.7. The fraction of sp³-hybridized carbons (Fsp3) is 0.714. The van der Waals surface area contributed by atoms with Gasteiger partial charge >= 0.3 is 0 Å². The highest BCUT2D eigenvalue weighted by Gasteiger charge is 2.42. The molecule has 2 aliphatic heterocycles. The summed E-state index contributed by atoms with van der Waals surface area (Å²) in [6.45, 7) is 6.89. The Kier molecular flexibility index (Phi) is 6.19. The number of amides is 1. The summed E-state index contributed by atoms with van der Waals surface area (Å²) in [5.74, 6) is 2.25. The second-order valence-electron chi connectivity index (χ2n) is 8.36. The van der Waals surface area contributed by atoms with Crippen molar-refractivity contribution in [2.75, 3.05) is 40.0 Å². The predicted molar refractivity (Wildman–Crippen MR) is 106 cm³/mol. The van der Waals surface area contributed by atoms with Crippen molar-refractivity contribution in [1.29, 1.82) is 0 Å². The molecule has 0 spiro atoms. The highest BCUT2D eigenvalue weighted by Crippen LogP contribution is 2.39. The highest BCUT2D eigenvalue weighted by atomic mass is 16.5. The monoisotopic (exact) mass is 418 g/mol. The quantitative estimate of drug-likeness (QED) is 0.705. The smallest absolute Gasteiger partial charge is 0.259 e. The zero-order valence-electron chi connectivity index (χ0n) is 18.0. The molecule has 2 aliphatic rings. The van der Waals surface area contributed by atoms with Gasteiger partial charge < -0.3 is 23.4 Å². The van der Waals surface area contributed by atoms with Crippen LogP contribution in [0, 0.1) is 13.8 Å². The summed E-state index contributed by atoms with van der Waals surface area (Å²) in [5, 5.41) is 8.29. The number of carbonyl (C=O) groups excluding carboxylic acids is 1. The molecule has 0 atom stereocenters. The molecule has 0 bridgehead atoms. The van der Waals surface area contributed by atoms with Crippen molar-refractivity contribution < 1.29 is 23.3 Å².